The lowest BCUT2D eigenvalue weighted by Gasteiger charge is -1.93. The average Bonchev–Trinajstić information content (AvgIpc) is 2.21. The zero-order valence-electron chi connectivity index (χ0n) is 9.07. The maximum Gasteiger partial charge on any atom is 0.346 e. The van der Waals surface area contributed by atoms with Crippen LogP contribution >= 0.6 is 0 Å². The summed E-state index contributed by atoms with van der Waals surface area (Å²) in [5.74, 6) is -1.17. The Labute approximate surface area is 90.7 Å². The number of nitrogens with zero attached hydrogens (tertiary/aromatic N) is 1. The highest BCUT2D eigenvalue weighted by molar-refractivity contribution is 5.91. The van der Waals surface area contributed by atoms with Crippen LogP contribution in [0.3, 0.4) is 0 Å². The molecule has 0 unspecified atom stereocenters. The fourth-order valence-electron chi connectivity index (χ4n) is 1.11. The second-order valence-corrected chi connectivity index (χ2v) is 3.27. The largest absolute Gasteiger partial charge is 0.477 e. The highest BCUT2D eigenvalue weighted by Crippen LogP contribution is 2.03. The fraction of sp³-hybridized carbons (Fsp3) is 0.500. The Morgan fingerprint density at radius 3 is 2.67 bits per heavy atom. The maximum atomic E-state index is 10.4. The van der Waals surface area contributed by atoms with Crippen molar-refractivity contribution in [1.82, 2.24) is 0 Å². The van der Waals surface area contributed by atoms with E-state index in [0.29, 0.717) is 0 Å². The maximum absolute atomic E-state index is 10.4. The summed E-state index contributed by atoms with van der Waals surface area (Å²) in [5.41, 5.74) is -0.222. The third-order valence-electron chi connectivity index (χ3n) is 1.97. The smallest absolute Gasteiger partial charge is 0.346 e. The van der Waals surface area contributed by atoms with Crippen LogP contribution in [0, 0.1) is 11.3 Å². The topological polar surface area (TPSA) is 61.1 Å². The Morgan fingerprint density at radius 2 is 2.13 bits per heavy atom. The molecule has 0 rings (SSSR count). The van der Waals surface area contributed by atoms with Gasteiger partial charge in [0.05, 0.1) is 0 Å². The van der Waals surface area contributed by atoms with Gasteiger partial charge in [0.2, 0.25) is 0 Å². The van der Waals surface area contributed by atoms with E-state index in [1.54, 1.807) is 12.1 Å². The molecule has 82 valence electrons. The summed E-state index contributed by atoms with van der Waals surface area (Å²) in [6.45, 7) is 2.16. The molecule has 0 bridgehead atoms. The molecule has 3 nitrogen and oxygen atoms in total. The molecule has 0 saturated carbocycles. The van der Waals surface area contributed by atoms with Gasteiger partial charge < -0.3 is 5.11 Å². The van der Waals surface area contributed by atoms with E-state index in [1.165, 1.54) is 25.3 Å². The summed E-state index contributed by atoms with van der Waals surface area (Å²) in [6, 6.07) is 1.62. The molecule has 15 heavy (non-hydrogen) atoms. The van der Waals surface area contributed by atoms with Gasteiger partial charge in [-0.3, -0.25) is 0 Å². The SMILES string of the molecule is CCCCCCC=CC=C(C#N)C(=O)O. The number of nitriles is 1. The number of allylic oxidation sites excluding steroid dienone is 3. The lowest BCUT2D eigenvalue weighted by atomic mass is 10.1. The Morgan fingerprint density at radius 1 is 1.40 bits per heavy atom. The van der Waals surface area contributed by atoms with Crippen molar-refractivity contribution in [3.05, 3.63) is 23.8 Å². The van der Waals surface area contributed by atoms with Gasteiger partial charge in [0, 0.05) is 0 Å². The van der Waals surface area contributed by atoms with Gasteiger partial charge in [-0.15, -0.1) is 0 Å². The van der Waals surface area contributed by atoms with Gasteiger partial charge in [-0.1, -0.05) is 38.3 Å². The molecule has 0 radical (unpaired) electrons. The Kier molecular flexibility index (Phi) is 8.08. The minimum absolute atomic E-state index is 0.222. The molecule has 0 spiro atoms. The third-order valence-corrected chi connectivity index (χ3v) is 1.97. The molecule has 0 aliphatic rings. The van der Waals surface area contributed by atoms with E-state index in [0.717, 1.165) is 12.8 Å². The van der Waals surface area contributed by atoms with Gasteiger partial charge >= 0.3 is 5.97 Å². The Bertz CT molecular complexity index is 284. The number of hydrogen-bond donors (Lipinski definition) is 1. The molecule has 0 aliphatic carbocycles. The Balaban J connectivity index is 3.78. The average molecular weight is 207 g/mol. The summed E-state index contributed by atoms with van der Waals surface area (Å²) in [5, 5.41) is 17.0. The zero-order valence-corrected chi connectivity index (χ0v) is 9.07. The van der Waals surface area contributed by atoms with E-state index in [9.17, 15) is 4.79 Å². The summed E-state index contributed by atoms with van der Waals surface area (Å²) < 4.78 is 0. The molecule has 0 aromatic heterocycles. The molecule has 0 heterocycles. The molecule has 0 amide bonds. The second-order valence-electron chi connectivity index (χ2n) is 3.27. The second kappa shape index (κ2) is 9.01. The van der Waals surface area contributed by atoms with E-state index >= 15 is 0 Å². The van der Waals surface area contributed by atoms with Crippen LogP contribution in [0.25, 0.3) is 0 Å². The number of carbonyl (C=O) groups is 1. The van der Waals surface area contributed by atoms with Crippen LogP contribution in [0.4, 0.5) is 0 Å². The lowest BCUT2D eigenvalue weighted by molar-refractivity contribution is -0.132. The van der Waals surface area contributed by atoms with Crippen LogP contribution in [0.5, 0.6) is 0 Å². The highest BCUT2D eigenvalue weighted by Gasteiger charge is 2.02. The normalized spacial score (nSPS) is 11.6. The number of unbranched alkanes of at least 4 members (excludes halogenated alkanes) is 4. The van der Waals surface area contributed by atoms with E-state index in [2.05, 4.69) is 6.92 Å². The first kappa shape index (κ1) is 13.4. The van der Waals surface area contributed by atoms with E-state index < -0.39 is 5.97 Å². The van der Waals surface area contributed by atoms with Crippen LogP contribution in [-0.2, 0) is 4.79 Å². The van der Waals surface area contributed by atoms with E-state index in [1.807, 2.05) is 6.08 Å². The van der Waals surface area contributed by atoms with Crippen molar-refractivity contribution in [3.8, 4) is 6.07 Å². The molecule has 0 aromatic carbocycles. The molecule has 1 N–H and O–H groups in total. The van der Waals surface area contributed by atoms with Crippen LogP contribution in [-0.4, -0.2) is 11.1 Å². The minimum atomic E-state index is -1.17. The zero-order chi connectivity index (χ0) is 11.5. The lowest BCUT2D eigenvalue weighted by Crippen LogP contribution is -1.96. The molecule has 0 aromatic rings. The van der Waals surface area contributed by atoms with Crippen molar-refractivity contribution in [2.24, 2.45) is 0 Å². The minimum Gasteiger partial charge on any atom is -0.477 e. The van der Waals surface area contributed by atoms with Crippen LogP contribution < -0.4 is 0 Å². The predicted molar refractivity (Wildman–Crippen MR) is 59.2 cm³/mol. The van der Waals surface area contributed by atoms with Crippen LogP contribution in [0.15, 0.2) is 23.8 Å². The first-order valence-corrected chi connectivity index (χ1v) is 5.22. The van der Waals surface area contributed by atoms with Crippen LogP contribution in [0.2, 0.25) is 0 Å². The molecule has 0 atom stereocenters. The van der Waals surface area contributed by atoms with Gasteiger partial charge in [-0.25, -0.2) is 4.79 Å². The summed E-state index contributed by atoms with van der Waals surface area (Å²) in [6.07, 6.45) is 10.6. The first-order valence-electron chi connectivity index (χ1n) is 5.22. The molecular formula is C12H17NO2. The molecule has 0 aliphatic heterocycles. The summed E-state index contributed by atoms with van der Waals surface area (Å²) >= 11 is 0. The van der Waals surface area contributed by atoms with Crippen LogP contribution in [0.1, 0.15) is 39.0 Å². The molecule has 0 saturated heterocycles. The summed E-state index contributed by atoms with van der Waals surface area (Å²) in [4.78, 5) is 10.4. The highest BCUT2D eigenvalue weighted by atomic mass is 16.4. The molecule has 0 fully saturated rings. The van der Waals surface area contributed by atoms with E-state index in [4.69, 9.17) is 10.4 Å². The number of hydrogen-bond acceptors (Lipinski definition) is 2. The van der Waals surface area contributed by atoms with E-state index in [-0.39, 0.29) is 5.57 Å². The first-order chi connectivity index (χ1) is 7.22. The van der Waals surface area contributed by atoms with Crippen molar-refractivity contribution in [2.75, 3.05) is 0 Å². The standard InChI is InChI=1S/C12H17NO2/c1-2-3-4-5-6-7-8-9-11(10-13)12(14)15/h7-9H,2-6H2,1H3,(H,14,15). The number of aliphatic carboxylic acids is 1. The number of rotatable bonds is 7. The van der Waals surface area contributed by atoms with Crippen molar-refractivity contribution >= 4 is 5.97 Å². The monoisotopic (exact) mass is 207 g/mol. The third kappa shape index (κ3) is 7.51. The summed E-state index contributed by atoms with van der Waals surface area (Å²) in [7, 11) is 0. The molecular weight excluding hydrogens is 190 g/mol. The van der Waals surface area contributed by atoms with Gasteiger partial charge in [-0.2, -0.15) is 5.26 Å². The molecule has 3 heteroatoms. The van der Waals surface area contributed by atoms with Gasteiger partial charge in [0.25, 0.3) is 0 Å². The van der Waals surface area contributed by atoms with Crippen molar-refractivity contribution in [2.45, 2.75) is 39.0 Å². The number of carboxylic acids is 1. The van der Waals surface area contributed by atoms with Crippen molar-refractivity contribution < 1.29 is 9.90 Å². The van der Waals surface area contributed by atoms with Gasteiger partial charge in [-0.05, 0) is 18.9 Å². The fourth-order valence-corrected chi connectivity index (χ4v) is 1.11. The Hall–Kier alpha value is -1.56. The van der Waals surface area contributed by atoms with Gasteiger partial charge in [0.1, 0.15) is 11.6 Å². The van der Waals surface area contributed by atoms with Gasteiger partial charge in [0.15, 0.2) is 0 Å². The predicted octanol–water partition coefficient (Wildman–Crippen LogP) is 3.05. The van der Waals surface area contributed by atoms with Crippen molar-refractivity contribution in [3.63, 3.8) is 0 Å². The quantitative estimate of drug-likeness (QED) is 0.302. The number of carboxylic acid groups (broad SMARTS) is 1. The van der Waals surface area contributed by atoms with Crippen molar-refractivity contribution in [1.29, 1.82) is 5.26 Å².